The lowest BCUT2D eigenvalue weighted by Crippen LogP contribution is -2.07. The molecule has 2 aromatic carbocycles. The van der Waals surface area contributed by atoms with Gasteiger partial charge in [-0.25, -0.2) is 4.98 Å². The zero-order valence-electron chi connectivity index (χ0n) is 13.0. The monoisotopic (exact) mass is 351 g/mol. The minimum atomic E-state index is -0.465. The summed E-state index contributed by atoms with van der Waals surface area (Å²) in [6.45, 7) is 0. The maximum absolute atomic E-state index is 12.0. The number of rotatable bonds is 5. The molecular weight excluding hydrogens is 338 g/mol. The second-order valence-electron chi connectivity index (χ2n) is 5.08. The van der Waals surface area contributed by atoms with Crippen LogP contribution in [0.4, 0.5) is 10.8 Å². The summed E-state index contributed by atoms with van der Waals surface area (Å²) >= 11 is 1.35. The Morgan fingerprint density at radius 2 is 1.84 bits per heavy atom. The summed E-state index contributed by atoms with van der Waals surface area (Å²) in [5.41, 5.74) is 2.50. The average molecular weight is 351 g/mol. The number of hydrogen-bond acceptors (Lipinski definition) is 5. The number of carbonyl (C=O) groups excluding carboxylic acids is 1. The Hall–Kier alpha value is -3.32. The van der Waals surface area contributed by atoms with Gasteiger partial charge in [0, 0.05) is 29.2 Å². The van der Waals surface area contributed by atoms with Crippen molar-refractivity contribution >= 4 is 34.1 Å². The molecule has 6 nitrogen and oxygen atoms in total. The largest absolute Gasteiger partial charge is 0.298 e. The lowest BCUT2D eigenvalue weighted by Gasteiger charge is -1.97. The van der Waals surface area contributed by atoms with Gasteiger partial charge in [-0.1, -0.05) is 30.3 Å². The molecule has 124 valence electrons. The quantitative estimate of drug-likeness (QED) is 0.420. The van der Waals surface area contributed by atoms with Gasteiger partial charge in [-0.3, -0.25) is 20.2 Å². The lowest BCUT2D eigenvalue weighted by atomic mass is 10.2. The summed E-state index contributed by atoms with van der Waals surface area (Å²) in [5.74, 6) is -0.313. The number of benzene rings is 2. The van der Waals surface area contributed by atoms with Crippen molar-refractivity contribution in [2.75, 3.05) is 5.32 Å². The van der Waals surface area contributed by atoms with Gasteiger partial charge >= 0.3 is 0 Å². The Morgan fingerprint density at radius 3 is 2.52 bits per heavy atom. The number of carbonyl (C=O) groups is 1. The van der Waals surface area contributed by atoms with Crippen LogP contribution in [0.1, 0.15) is 5.56 Å². The standard InChI is InChI=1S/C18H13N3O3S/c22-17(11-8-13-6-9-15(10-7-13)21(23)24)20-18-19-16(12-25-18)14-4-2-1-3-5-14/h1-12H,(H,19,20,22)/b11-8+. The fourth-order valence-electron chi connectivity index (χ4n) is 2.10. The molecule has 0 bridgehead atoms. The van der Waals surface area contributed by atoms with Crippen molar-refractivity contribution in [2.24, 2.45) is 0 Å². The number of nitro groups is 1. The Labute approximate surface area is 147 Å². The van der Waals surface area contributed by atoms with Crippen LogP contribution >= 0.6 is 11.3 Å². The van der Waals surface area contributed by atoms with Gasteiger partial charge in [0.1, 0.15) is 0 Å². The number of nitro benzene ring substituents is 1. The molecule has 1 heterocycles. The number of anilines is 1. The Kier molecular flexibility index (Phi) is 4.96. The summed E-state index contributed by atoms with van der Waals surface area (Å²) in [7, 11) is 0. The maximum atomic E-state index is 12.0. The molecule has 0 fully saturated rings. The van der Waals surface area contributed by atoms with E-state index < -0.39 is 4.92 Å². The highest BCUT2D eigenvalue weighted by atomic mass is 32.1. The molecule has 25 heavy (non-hydrogen) atoms. The van der Waals surface area contributed by atoms with Gasteiger partial charge < -0.3 is 0 Å². The normalized spacial score (nSPS) is 10.7. The first-order valence-electron chi connectivity index (χ1n) is 7.36. The van der Waals surface area contributed by atoms with Crippen LogP contribution in [-0.4, -0.2) is 15.8 Å². The minimum Gasteiger partial charge on any atom is -0.298 e. The molecule has 1 aromatic heterocycles. The molecule has 0 saturated carbocycles. The molecule has 0 radical (unpaired) electrons. The summed E-state index contributed by atoms with van der Waals surface area (Å²) in [6.07, 6.45) is 2.95. The fraction of sp³-hybridized carbons (Fsp3) is 0. The van der Waals surface area contributed by atoms with Crippen LogP contribution in [-0.2, 0) is 4.79 Å². The van der Waals surface area contributed by atoms with Gasteiger partial charge in [0.25, 0.3) is 5.69 Å². The van der Waals surface area contributed by atoms with E-state index in [0.29, 0.717) is 10.7 Å². The summed E-state index contributed by atoms with van der Waals surface area (Å²) in [4.78, 5) is 26.5. The van der Waals surface area contributed by atoms with Crippen molar-refractivity contribution in [3.8, 4) is 11.3 Å². The number of non-ortho nitro benzene ring substituents is 1. The molecule has 0 unspecified atom stereocenters. The van der Waals surface area contributed by atoms with Crippen molar-refractivity contribution in [1.29, 1.82) is 0 Å². The van der Waals surface area contributed by atoms with Crippen LogP contribution < -0.4 is 5.32 Å². The van der Waals surface area contributed by atoms with Crippen LogP contribution in [0, 0.1) is 10.1 Å². The summed E-state index contributed by atoms with van der Waals surface area (Å²) in [5, 5.41) is 15.7. The molecule has 1 amide bonds. The molecule has 0 aliphatic carbocycles. The lowest BCUT2D eigenvalue weighted by molar-refractivity contribution is -0.384. The number of aromatic nitrogens is 1. The number of nitrogens with one attached hydrogen (secondary N) is 1. The van der Waals surface area contributed by atoms with Gasteiger partial charge in [-0.15, -0.1) is 11.3 Å². The van der Waals surface area contributed by atoms with E-state index >= 15 is 0 Å². The first-order valence-corrected chi connectivity index (χ1v) is 8.24. The van der Waals surface area contributed by atoms with E-state index in [-0.39, 0.29) is 11.6 Å². The number of amides is 1. The van der Waals surface area contributed by atoms with E-state index in [0.717, 1.165) is 11.3 Å². The van der Waals surface area contributed by atoms with Crippen molar-refractivity contribution < 1.29 is 9.72 Å². The van der Waals surface area contributed by atoms with Crippen LogP contribution in [0.15, 0.2) is 66.1 Å². The molecule has 0 spiro atoms. The highest BCUT2D eigenvalue weighted by Gasteiger charge is 2.06. The maximum Gasteiger partial charge on any atom is 0.269 e. The fourth-order valence-corrected chi connectivity index (χ4v) is 2.82. The predicted molar refractivity (Wildman–Crippen MR) is 98.3 cm³/mol. The molecule has 1 N–H and O–H groups in total. The van der Waals surface area contributed by atoms with E-state index in [4.69, 9.17) is 0 Å². The van der Waals surface area contributed by atoms with Crippen LogP contribution in [0.3, 0.4) is 0 Å². The minimum absolute atomic E-state index is 0.0119. The second kappa shape index (κ2) is 7.50. The Morgan fingerprint density at radius 1 is 1.12 bits per heavy atom. The summed E-state index contributed by atoms with van der Waals surface area (Å²) < 4.78 is 0. The van der Waals surface area contributed by atoms with Crippen molar-refractivity contribution in [3.05, 3.63) is 81.7 Å². The third-order valence-corrected chi connectivity index (χ3v) is 4.09. The molecule has 0 aliphatic rings. The average Bonchev–Trinajstić information content (AvgIpc) is 3.09. The van der Waals surface area contributed by atoms with Crippen molar-refractivity contribution in [3.63, 3.8) is 0 Å². The topological polar surface area (TPSA) is 85.1 Å². The zero-order valence-corrected chi connectivity index (χ0v) is 13.8. The molecule has 7 heteroatoms. The molecule has 0 saturated heterocycles. The van der Waals surface area contributed by atoms with E-state index in [1.165, 1.54) is 29.5 Å². The molecule has 3 rings (SSSR count). The number of thiazole rings is 1. The van der Waals surface area contributed by atoms with E-state index in [2.05, 4.69) is 10.3 Å². The second-order valence-corrected chi connectivity index (χ2v) is 5.93. The molecule has 0 atom stereocenters. The summed E-state index contributed by atoms with van der Waals surface area (Å²) in [6, 6.07) is 15.7. The Bertz CT molecular complexity index is 918. The van der Waals surface area contributed by atoms with Gasteiger partial charge in [0.05, 0.1) is 10.6 Å². The third-order valence-electron chi connectivity index (χ3n) is 3.33. The van der Waals surface area contributed by atoms with E-state index in [9.17, 15) is 14.9 Å². The Balaban J connectivity index is 1.63. The molecule has 0 aliphatic heterocycles. The van der Waals surface area contributed by atoms with E-state index in [1.54, 1.807) is 18.2 Å². The van der Waals surface area contributed by atoms with Gasteiger partial charge in [0.15, 0.2) is 5.13 Å². The highest BCUT2D eigenvalue weighted by molar-refractivity contribution is 7.14. The van der Waals surface area contributed by atoms with Crippen LogP contribution in [0.25, 0.3) is 17.3 Å². The van der Waals surface area contributed by atoms with Gasteiger partial charge in [0.2, 0.25) is 5.91 Å². The van der Waals surface area contributed by atoms with Crippen molar-refractivity contribution in [1.82, 2.24) is 4.98 Å². The van der Waals surface area contributed by atoms with Crippen LogP contribution in [0.2, 0.25) is 0 Å². The third kappa shape index (κ3) is 4.36. The SMILES string of the molecule is O=C(/C=C/c1ccc([N+](=O)[O-])cc1)Nc1nc(-c2ccccc2)cs1. The number of nitrogens with zero attached hydrogens (tertiary/aromatic N) is 2. The first-order chi connectivity index (χ1) is 12.1. The predicted octanol–water partition coefficient (Wildman–Crippen LogP) is 4.37. The molecular formula is C18H13N3O3S. The highest BCUT2D eigenvalue weighted by Crippen LogP contribution is 2.24. The van der Waals surface area contributed by atoms with Crippen molar-refractivity contribution in [2.45, 2.75) is 0 Å². The molecule has 3 aromatic rings. The van der Waals surface area contributed by atoms with E-state index in [1.807, 2.05) is 35.7 Å². The zero-order chi connectivity index (χ0) is 17.6. The van der Waals surface area contributed by atoms with Gasteiger partial charge in [-0.2, -0.15) is 0 Å². The first kappa shape index (κ1) is 16.5. The number of hydrogen-bond donors (Lipinski definition) is 1. The smallest absolute Gasteiger partial charge is 0.269 e. The van der Waals surface area contributed by atoms with Gasteiger partial charge in [-0.05, 0) is 23.8 Å². The van der Waals surface area contributed by atoms with Crippen LogP contribution in [0.5, 0.6) is 0 Å².